The predicted octanol–water partition coefficient (Wildman–Crippen LogP) is -0.470. The first-order chi connectivity index (χ1) is 9.90. The number of carbonyl (C=O) groups is 1. The van der Waals surface area contributed by atoms with Crippen LogP contribution in [0.15, 0.2) is 29.3 Å². The number of fused-ring (bicyclic) bond motifs is 1. The molecule has 8 nitrogen and oxygen atoms in total. The van der Waals surface area contributed by atoms with Crippen LogP contribution in [0.5, 0.6) is 0 Å². The predicted molar refractivity (Wildman–Crippen MR) is 77.9 cm³/mol. The minimum atomic E-state index is -3.68. The number of nitrogens with one attached hydrogen (secondary N) is 2. The van der Waals surface area contributed by atoms with Gasteiger partial charge in [0.15, 0.2) is 0 Å². The highest BCUT2D eigenvalue weighted by Crippen LogP contribution is 2.24. The maximum atomic E-state index is 12.2. The highest BCUT2D eigenvalue weighted by Gasteiger charge is 2.18. The van der Waals surface area contributed by atoms with E-state index in [-0.39, 0.29) is 24.7 Å². The second kappa shape index (κ2) is 6.12. The number of primary amides is 1. The molecular weight excluding hydrogens is 296 g/mol. The van der Waals surface area contributed by atoms with E-state index in [1.165, 1.54) is 6.20 Å². The van der Waals surface area contributed by atoms with Crippen LogP contribution in [0.2, 0.25) is 0 Å². The number of sulfonamides is 1. The molecule has 0 aliphatic heterocycles. The summed E-state index contributed by atoms with van der Waals surface area (Å²) in [6.07, 6.45) is 1.40. The number of rotatable bonds is 7. The Kier molecular flexibility index (Phi) is 4.46. The Bertz CT molecular complexity index is 754. The van der Waals surface area contributed by atoms with Crippen LogP contribution in [0.1, 0.15) is 0 Å². The lowest BCUT2D eigenvalue weighted by atomic mass is 10.2. The fraction of sp³-hybridized carbons (Fsp3) is 0.250. The van der Waals surface area contributed by atoms with Gasteiger partial charge in [0.05, 0.1) is 6.61 Å². The second-order valence-corrected chi connectivity index (χ2v) is 6.11. The number of aromatic amines is 1. The maximum absolute atomic E-state index is 12.2. The van der Waals surface area contributed by atoms with Gasteiger partial charge in [-0.1, -0.05) is 0 Å². The fourth-order valence-electron chi connectivity index (χ4n) is 1.84. The molecule has 0 aliphatic carbocycles. The van der Waals surface area contributed by atoms with E-state index in [9.17, 15) is 13.2 Å². The Morgan fingerprint density at radius 3 is 2.86 bits per heavy atom. The lowest BCUT2D eigenvalue weighted by Gasteiger charge is -2.06. The van der Waals surface area contributed by atoms with Crippen LogP contribution in [-0.2, 0) is 19.6 Å². The van der Waals surface area contributed by atoms with Crippen molar-refractivity contribution in [1.82, 2.24) is 9.71 Å². The maximum Gasteiger partial charge on any atom is 0.243 e. The van der Waals surface area contributed by atoms with Gasteiger partial charge in [0.25, 0.3) is 0 Å². The molecule has 2 rings (SSSR count). The lowest BCUT2D eigenvalue weighted by Crippen LogP contribution is -2.28. The Labute approximate surface area is 121 Å². The molecule has 114 valence electrons. The molecule has 0 saturated heterocycles. The van der Waals surface area contributed by atoms with Crippen molar-refractivity contribution in [3.63, 3.8) is 0 Å². The van der Waals surface area contributed by atoms with Crippen molar-refractivity contribution in [2.24, 2.45) is 5.73 Å². The molecule has 0 radical (unpaired) electrons. The van der Waals surface area contributed by atoms with E-state index < -0.39 is 15.9 Å². The van der Waals surface area contributed by atoms with Gasteiger partial charge in [-0.05, 0) is 18.2 Å². The summed E-state index contributed by atoms with van der Waals surface area (Å²) in [6.45, 7) is -0.150. The Morgan fingerprint density at radius 1 is 1.38 bits per heavy atom. The monoisotopic (exact) mass is 312 g/mol. The third-order valence-corrected chi connectivity index (χ3v) is 4.24. The smallest absolute Gasteiger partial charge is 0.243 e. The normalized spacial score (nSPS) is 11.8. The van der Waals surface area contributed by atoms with Gasteiger partial charge in [-0.15, -0.1) is 0 Å². The third kappa shape index (κ3) is 3.72. The summed E-state index contributed by atoms with van der Waals surface area (Å²) in [5, 5.41) is 0.551. The average Bonchev–Trinajstić information content (AvgIpc) is 2.81. The van der Waals surface area contributed by atoms with Gasteiger partial charge >= 0.3 is 0 Å². The topological polar surface area (TPSA) is 140 Å². The van der Waals surface area contributed by atoms with Crippen LogP contribution in [0, 0.1) is 0 Å². The van der Waals surface area contributed by atoms with Crippen molar-refractivity contribution < 1.29 is 17.9 Å². The first kappa shape index (κ1) is 15.3. The van der Waals surface area contributed by atoms with Crippen molar-refractivity contribution in [3.8, 4) is 0 Å². The number of aromatic nitrogens is 1. The fourth-order valence-corrected chi connectivity index (χ4v) is 3.03. The van der Waals surface area contributed by atoms with Crippen molar-refractivity contribution in [2.45, 2.75) is 4.90 Å². The number of ether oxygens (including phenoxy) is 1. The molecule has 0 fully saturated rings. The van der Waals surface area contributed by atoms with Crippen LogP contribution < -0.4 is 16.2 Å². The van der Waals surface area contributed by atoms with Crippen LogP contribution >= 0.6 is 0 Å². The molecule has 0 aliphatic rings. The largest absolute Gasteiger partial charge is 0.399 e. The van der Waals surface area contributed by atoms with Gasteiger partial charge in [0.2, 0.25) is 15.9 Å². The van der Waals surface area contributed by atoms with Crippen LogP contribution in [0.3, 0.4) is 0 Å². The molecular formula is C12H16N4O4S. The number of hydrogen-bond acceptors (Lipinski definition) is 5. The van der Waals surface area contributed by atoms with E-state index in [1.807, 2.05) is 0 Å². The summed E-state index contributed by atoms with van der Waals surface area (Å²) < 4.78 is 31.6. The van der Waals surface area contributed by atoms with Crippen molar-refractivity contribution >= 4 is 32.5 Å². The number of anilines is 1. The molecule has 1 aromatic heterocycles. The van der Waals surface area contributed by atoms with Gasteiger partial charge in [-0.2, -0.15) is 0 Å². The van der Waals surface area contributed by atoms with Gasteiger partial charge in [0, 0.05) is 29.3 Å². The summed E-state index contributed by atoms with van der Waals surface area (Å²) in [6, 6.07) is 4.93. The standard InChI is InChI=1S/C12H16N4O4S/c13-8-1-2-9-10(5-8)15-6-11(9)21(18,19)16-3-4-20-7-12(14)17/h1-2,5-6,15-16H,3-4,7,13H2,(H2,14,17). The highest BCUT2D eigenvalue weighted by atomic mass is 32.2. The molecule has 0 spiro atoms. The van der Waals surface area contributed by atoms with Gasteiger partial charge in [0.1, 0.15) is 11.5 Å². The van der Waals surface area contributed by atoms with Gasteiger partial charge in [-0.3, -0.25) is 4.79 Å². The molecule has 0 saturated carbocycles. The van der Waals surface area contributed by atoms with E-state index in [0.717, 1.165) is 0 Å². The zero-order valence-corrected chi connectivity index (χ0v) is 11.9. The van der Waals surface area contributed by atoms with Crippen LogP contribution in [-0.4, -0.2) is 39.1 Å². The van der Waals surface area contributed by atoms with E-state index in [0.29, 0.717) is 16.6 Å². The number of H-pyrrole nitrogens is 1. The first-order valence-corrected chi connectivity index (χ1v) is 7.61. The van der Waals surface area contributed by atoms with E-state index in [2.05, 4.69) is 9.71 Å². The molecule has 9 heteroatoms. The lowest BCUT2D eigenvalue weighted by molar-refractivity contribution is -0.122. The molecule has 6 N–H and O–H groups in total. The number of amides is 1. The zero-order valence-electron chi connectivity index (χ0n) is 11.1. The minimum Gasteiger partial charge on any atom is -0.399 e. The first-order valence-electron chi connectivity index (χ1n) is 6.12. The van der Waals surface area contributed by atoms with E-state index in [1.54, 1.807) is 18.2 Å². The Balaban J connectivity index is 2.06. The van der Waals surface area contributed by atoms with Crippen molar-refractivity contribution in [1.29, 1.82) is 0 Å². The van der Waals surface area contributed by atoms with Gasteiger partial charge < -0.3 is 21.2 Å². The van der Waals surface area contributed by atoms with E-state index >= 15 is 0 Å². The SMILES string of the molecule is NC(=O)COCCNS(=O)(=O)c1c[nH]c2cc(N)ccc12. The number of hydrogen-bond donors (Lipinski definition) is 4. The number of benzene rings is 1. The highest BCUT2D eigenvalue weighted by molar-refractivity contribution is 7.89. The molecule has 1 aromatic carbocycles. The molecule has 21 heavy (non-hydrogen) atoms. The molecule has 1 heterocycles. The summed E-state index contributed by atoms with van der Waals surface area (Å²) in [5.41, 5.74) is 11.7. The molecule has 0 bridgehead atoms. The third-order valence-electron chi connectivity index (χ3n) is 2.74. The average molecular weight is 312 g/mol. The zero-order chi connectivity index (χ0) is 15.5. The minimum absolute atomic E-state index is 0.0389. The van der Waals surface area contributed by atoms with Crippen LogP contribution in [0.25, 0.3) is 10.9 Å². The van der Waals surface area contributed by atoms with Crippen molar-refractivity contribution in [2.75, 3.05) is 25.5 Å². The summed E-state index contributed by atoms with van der Waals surface area (Å²) in [4.78, 5) is 13.5. The summed E-state index contributed by atoms with van der Waals surface area (Å²) in [7, 11) is -3.68. The molecule has 0 atom stereocenters. The van der Waals surface area contributed by atoms with Crippen molar-refractivity contribution in [3.05, 3.63) is 24.4 Å². The number of nitrogen functional groups attached to an aromatic ring is 1. The quantitative estimate of drug-likeness (QED) is 0.404. The van der Waals surface area contributed by atoms with Gasteiger partial charge in [-0.25, -0.2) is 13.1 Å². The Morgan fingerprint density at radius 2 is 2.14 bits per heavy atom. The summed E-state index contributed by atoms with van der Waals surface area (Å²) >= 11 is 0. The van der Waals surface area contributed by atoms with E-state index in [4.69, 9.17) is 16.2 Å². The van der Waals surface area contributed by atoms with Crippen LogP contribution in [0.4, 0.5) is 5.69 Å². The second-order valence-electron chi connectivity index (χ2n) is 4.37. The molecule has 2 aromatic rings. The summed E-state index contributed by atoms with van der Waals surface area (Å²) in [5.74, 6) is -0.605. The molecule has 0 unspecified atom stereocenters. The number of nitrogens with two attached hydrogens (primary N) is 2. The number of carbonyl (C=O) groups excluding carboxylic acids is 1. The molecule has 1 amide bonds. The Hall–Kier alpha value is -2.10.